The number of aliphatic hydroxyl groups is 2. The second-order valence-corrected chi connectivity index (χ2v) is 4.80. The second kappa shape index (κ2) is 3.64. The molecule has 0 spiro atoms. The molecule has 0 saturated carbocycles. The Kier molecular flexibility index (Phi) is 2.52. The maximum Gasteiger partial charge on any atom is 0.198 e. The summed E-state index contributed by atoms with van der Waals surface area (Å²) in [6.45, 7) is 5.81. The average molecular weight is 237 g/mol. The van der Waals surface area contributed by atoms with E-state index < -0.39 is 6.29 Å². The van der Waals surface area contributed by atoms with Gasteiger partial charge in [0.15, 0.2) is 11.9 Å². The van der Waals surface area contributed by atoms with Gasteiger partial charge in [-0.2, -0.15) is 5.10 Å². The van der Waals surface area contributed by atoms with Gasteiger partial charge in [0.2, 0.25) is 0 Å². The fourth-order valence-corrected chi connectivity index (χ4v) is 1.65. The number of fused-ring (bicyclic) bond motifs is 1. The lowest BCUT2D eigenvalue weighted by Crippen LogP contribution is -2.23. The van der Waals surface area contributed by atoms with Crippen molar-refractivity contribution in [2.24, 2.45) is 0 Å². The van der Waals surface area contributed by atoms with E-state index in [2.05, 4.69) is 15.1 Å². The first-order valence-corrected chi connectivity index (χ1v) is 5.18. The van der Waals surface area contributed by atoms with Crippen molar-refractivity contribution < 1.29 is 10.2 Å². The SMILES string of the molecule is CC(C)(C)n1nc(C(O)O)c2c(N)ncnc21. The van der Waals surface area contributed by atoms with Crippen LogP contribution in [0.3, 0.4) is 0 Å². The van der Waals surface area contributed by atoms with E-state index in [0.717, 1.165) is 0 Å². The Morgan fingerprint density at radius 2 is 1.94 bits per heavy atom. The van der Waals surface area contributed by atoms with Gasteiger partial charge in [0.25, 0.3) is 0 Å². The fraction of sp³-hybridized carbons (Fsp3) is 0.500. The number of nitrogen functional groups attached to an aromatic ring is 1. The van der Waals surface area contributed by atoms with Crippen molar-refractivity contribution in [1.29, 1.82) is 0 Å². The highest BCUT2D eigenvalue weighted by Gasteiger charge is 2.25. The molecule has 0 aliphatic carbocycles. The van der Waals surface area contributed by atoms with Crippen LogP contribution in [-0.4, -0.2) is 30.0 Å². The molecular weight excluding hydrogens is 222 g/mol. The monoisotopic (exact) mass is 237 g/mol. The summed E-state index contributed by atoms with van der Waals surface area (Å²) in [5.41, 5.74) is 5.95. The first kappa shape index (κ1) is 11.7. The zero-order chi connectivity index (χ0) is 12.8. The molecule has 17 heavy (non-hydrogen) atoms. The normalized spacial score (nSPS) is 12.6. The third-order valence-corrected chi connectivity index (χ3v) is 2.40. The minimum atomic E-state index is -1.70. The van der Waals surface area contributed by atoms with Gasteiger partial charge in [-0.1, -0.05) is 0 Å². The zero-order valence-electron chi connectivity index (χ0n) is 9.92. The van der Waals surface area contributed by atoms with E-state index in [1.807, 2.05) is 20.8 Å². The highest BCUT2D eigenvalue weighted by Crippen LogP contribution is 2.28. The summed E-state index contributed by atoms with van der Waals surface area (Å²) in [6, 6.07) is 0. The molecule has 0 atom stereocenters. The van der Waals surface area contributed by atoms with E-state index >= 15 is 0 Å². The van der Waals surface area contributed by atoms with E-state index in [-0.39, 0.29) is 17.1 Å². The van der Waals surface area contributed by atoms with Crippen molar-refractivity contribution in [2.45, 2.75) is 32.6 Å². The number of aromatic nitrogens is 4. The lowest BCUT2D eigenvalue weighted by atomic mass is 10.1. The number of nitrogens with zero attached hydrogens (tertiary/aromatic N) is 4. The molecular formula is C10H15N5O2. The molecule has 0 aromatic carbocycles. The van der Waals surface area contributed by atoms with Crippen LogP contribution in [0.2, 0.25) is 0 Å². The van der Waals surface area contributed by atoms with Crippen LogP contribution in [0, 0.1) is 0 Å². The molecule has 7 nitrogen and oxygen atoms in total. The van der Waals surface area contributed by atoms with Crippen LogP contribution in [0.5, 0.6) is 0 Å². The number of aliphatic hydroxyl groups excluding tert-OH is 1. The average Bonchev–Trinajstić information content (AvgIpc) is 2.57. The van der Waals surface area contributed by atoms with Gasteiger partial charge in [-0.3, -0.25) is 0 Å². The van der Waals surface area contributed by atoms with Gasteiger partial charge < -0.3 is 15.9 Å². The number of hydrogen-bond donors (Lipinski definition) is 3. The minimum absolute atomic E-state index is 0.0769. The Balaban J connectivity index is 2.85. The molecule has 2 aromatic rings. The van der Waals surface area contributed by atoms with Crippen molar-refractivity contribution in [3.8, 4) is 0 Å². The fourth-order valence-electron chi connectivity index (χ4n) is 1.65. The Morgan fingerprint density at radius 1 is 1.29 bits per heavy atom. The number of rotatable bonds is 1. The molecule has 92 valence electrons. The predicted molar refractivity (Wildman–Crippen MR) is 61.9 cm³/mol. The molecule has 2 heterocycles. The summed E-state index contributed by atoms with van der Waals surface area (Å²) in [6.07, 6.45) is -0.371. The first-order chi connectivity index (χ1) is 7.82. The van der Waals surface area contributed by atoms with Crippen LogP contribution in [0.4, 0.5) is 5.82 Å². The lowest BCUT2D eigenvalue weighted by molar-refractivity contribution is -0.0454. The Morgan fingerprint density at radius 3 is 2.47 bits per heavy atom. The zero-order valence-corrected chi connectivity index (χ0v) is 9.92. The third kappa shape index (κ3) is 1.83. The van der Waals surface area contributed by atoms with Crippen LogP contribution < -0.4 is 5.73 Å². The smallest absolute Gasteiger partial charge is 0.198 e. The van der Waals surface area contributed by atoms with Crippen LogP contribution in [0.1, 0.15) is 32.8 Å². The summed E-state index contributed by atoms with van der Waals surface area (Å²) in [4.78, 5) is 7.94. The first-order valence-electron chi connectivity index (χ1n) is 5.18. The molecule has 0 aliphatic rings. The maximum absolute atomic E-state index is 9.29. The molecule has 7 heteroatoms. The van der Waals surface area contributed by atoms with Crippen molar-refractivity contribution in [1.82, 2.24) is 19.7 Å². The van der Waals surface area contributed by atoms with E-state index in [1.54, 1.807) is 4.68 Å². The Bertz CT molecular complexity index is 556. The van der Waals surface area contributed by atoms with Gasteiger partial charge in [-0.15, -0.1) is 0 Å². The van der Waals surface area contributed by atoms with Gasteiger partial charge in [0.1, 0.15) is 17.8 Å². The maximum atomic E-state index is 9.29. The quantitative estimate of drug-likeness (QED) is 0.609. The van der Waals surface area contributed by atoms with Gasteiger partial charge in [-0.05, 0) is 20.8 Å². The highest BCUT2D eigenvalue weighted by molar-refractivity contribution is 5.88. The lowest BCUT2D eigenvalue weighted by Gasteiger charge is -2.19. The van der Waals surface area contributed by atoms with Crippen LogP contribution >= 0.6 is 0 Å². The van der Waals surface area contributed by atoms with E-state index in [0.29, 0.717) is 11.0 Å². The molecule has 4 N–H and O–H groups in total. The van der Waals surface area contributed by atoms with Gasteiger partial charge in [0.05, 0.1) is 10.9 Å². The summed E-state index contributed by atoms with van der Waals surface area (Å²) in [5, 5.41) is 23.1. The van der Waals surface area contributed by atoms with Crippen LogP contribution in [0.25, 0.3) is 11.0 Å². The molecule has 0 unspecified atom stereocenters. The van der Waals surface area contributed by atoms with Crippen molar-refractivity contribution >= 4 is 16.9 Å². The van der Waals surface area contributed by atoms with Gasteiger partial charge >= 0.3 is 0 Å². The van der Waals surface area contributed by atoms with Gasteiger partial charge in [-0.25, -0.2) is 14.6 Å². The molecule has 0 radical (unpaired) electrons. The number of anilines is 1. The van der Waals surface area contributed by atoms with E-state index in [4.69, 9.17) is 5.73 Å². The summed E-state index contributed by atoms with van der Waals surface area (Å²) in [7, 11) is 0. The van der Waals surface area contributed by atoms with Crippen molar-refractivity contribution in [3.05, 3.63) is 12.0 Å². The molecule has 0 aliphatic heterocycles. The van der Waals surface area contributed by atoms with Crippen molar-refractivity contribution in [3.63, 3.8) is 0 Å². The number of hydrogen-bond acceptors (Lipinski definition) is 6. The third-order valence-electron chi connectivity index (χ3n) is 2.40. The standard InChI is InChI=1S/C10H15N5O2/c1-10(2,3)15-8-5(6(14-15)9(16)17)7(11)12-4-13-8/h4,9,16-17H,1-3H3,(H2,11,12,13). The Labute approximate surface area is 97.9 Å². The van der Waals surface area contributed by atoms with E-state index in [9.17, 15) is 10.2 Å². The summed E-state index contributed by atoms with van der Waals surface area (Å²) >= 11 is 0. The molecule has 0 saturated heterocycles. The van der Waals surface area contributed by atoms with Crippen LogP contribution in [-0.2, 0) is 5.54 Å². The van der Waals surface area contributed by atoms with Gasteiger partial charge in [0, 0.05) is 0 Å². The summed E-state index contributed by atoms with van der Waals surface area (Å²) < 4.78 is 1.61. The molecule has 2 aromatic heterocycles. The van der Waals surface area contributed by atoms with E-state index in [1.165, 1.54) is 6.33 Å². The predicted octanol–water partition coefficient (Wildman–Crippen LogP) is 0.147. The topological polar surface area (TPSA) is 110 Å². The molecule has 2 rings (SSSR count). The van der Waals surface area contributed by atoms with Crippen molar-refractivity contribution in [2.75, 3.05) is 5.73 Å². The highest BCUT2D eigenvalue weighted by atomic mass is 16.5. The molecule has 0 amide bonds. The largest absolute Gasteiger partial charge is 0.383 e. The van der Waals surface area contributed by atoms with Crippen LogP contribution in [0.15, 0.2) is 6.33 Å². The number of nitrogens with two attached hydrogens (primary N) is 1. The molecule has 0 bridgehead atoms. The molecule has 0 fully saturated rings. The Hall–Kier alpha value is -1.73. The second-order valence-electron chi connectivity index (χ2n) is 4.80. The summed E-state index contributed by atoms with van der Waals surface area (Å²) in [5.74, 6) is 0.189. The minimum Gasteiger partial charge on any atom is -0.383 e.